The SMILES string of the molecule is O=C1CCCC2=C1[C@H](c1cccs1)[C@@H]1C(=O)c3ccccc3C1=N2. The number of thiophene rings is 1. The third kappa shape index (κ3) is 1.80. The van der Waals surface area contributed by atoms with Crippen molar-refractivity contribution in [2.75, 3.05) is 0 Å². The number of aliphatic imine (C=N–C) groups is 1. The lowest BCUT2D eigenvalue weighted by molar-refractivity contribution is -0.116. The van der Waals surface area contributed by atoms with Crippen molar-refractivity contribution in [3.63, 3.8) is 0 Å². The number of allylic oxidation sites excluding steroid dienone is 2. The summed E-state index contributed by atoms with van der Waals surface area (Å²) in [5, 5.41) is 2.01. The lowest BCUT2D eigenvalue weighted by Crippen LogP contribution is -2.33. The van der Waals surface area contributed by atoms with Crippen LogP contribution >= 0.6 is 11.3 Å². The van der Waals surface area contributed by atoms with Gasteiger partial charge in [0.1, 0.15) is 0 Å². The predicted octanol–water partition coefficient (Wildman–Crippen LogP) is 4.15. The molecule has 1 aromatic heterocycles. The summed E-state index contributed by atoms with van der Waals surface area (Å²) in [6.45, 7) is 0. The molecule has 4 heteroatoms. The van der Waals surface area contributed by atoms with E-state index in [1.165, 1.54) is 0 Å². The Hall–Kier alpha value is -2.33. The Kier molecular flexibility index (Phi) is 2.98. The van der Waals surface area contributed by atoms with Gasteiger partial charge in [-0.25, -0.2) is 0 Å². The zero-order valence-corrected chi connectivity index (χ0v) is 13.8. The van der Waals surface area contributed by atoms with Crippen LogP contribution in [0.1, 0.15) is 46.0 Å². The van der Waals surface area contributed by atoms with Crippen molar-refractivity contribution < 1.29 is 9.59 Å². The highest BCUT2D eigenvalue weighted by Crippen LogP contribution is 2.49. The first-order valence-corrected chi connectivity index (χ1v) is 9.15. The van der Waals surface area contributed by atoms with Crippen molar-refractivity contribution in [3.8, 4) is 0 Å². The number of hydrogen-bond donors (Lipinski definition) is 0. The van der Waals surface area contributed by atoms with Crippen LogP contribution in [0.15, 0.2) is 58.0 Å². The Morgan fingerprint density at radius 2 is 1.79 bits per heavy atom. The van der Waals surface area contributed by atoms with E-state index in [4.69, 9.17) is 4.99 Å². The summed E-state index contributed by atoms with van der Waals surface area (Å²) in [6.07, 6.45) is 2.25. The molecule has 0 radical (unpaired) electrons. The smallest absolute Gasteiger partial charge is 0.173 e. The summed E-state index contributed by atoms with van der Waals surface area (Å²) >= 11 is 1.62. The van der Waals surface area contributed by atoms with Crippen molar-refractivity contribution in [1.29, 1.82) is 0 Å². The maximum Gasteiger partial charge on any atom is 0.173 e. The molecule has 0 saturated carbocycles. The summed E-state index contributed by atoms with van der Waals surface area (Å²) < 4.78 is 0. The molecule has 2 heterocycles. The van der Waals surface area contributed by atoms with Crippen molar-refractivity contribution in [2.24, 2.45) is 10.9 Å². The molecule has 3 nitrogen and oxygen atoms in total. The quantitative estimate of drug-likeness (QED) is 0.787. The molecule has 0 unspecified atom stereocenters. The highest BCUT2D eigenvalue weighted by molar-refractivity contribution is 7.10. The number of nitrogens with zero attached hydrogens (tertiary/aromatic N) is 1. The molecule has 0 fully saturated rings. The standard InChI is InChI=1S/C20H15NO2S/c22-14-8-3-7-13-16(14)17(15-9-4-10-24-15)18-19(21-13)11-5-1-2-6-12(11)20(18)23/h1-2,4-6,9-10,17-18H,3,7-8H2/t17-,18-/m0/s1. The van der Waals surface area contributed by atoms with Gasteiger partial charge in [0.25, 0.3) is 0 Å². The third-order valence-electron chi connectivity index (χ3n) is 5.22. The van der Waals surface area contributed by atoms with E-state index < -0.39 is 0 Å². The van der Waals surface area contributed by atoms with Gasteiger partial charge in [0.05, 0.1) is 11.6 Å². The van der Waals surface area contributed by atoms with Gasteiger partial charge in [-0.2, -0.15) is 0 Å². The first-order valence-electron chi connectivity index (χ1n) is 8.27. The highest BCUT2D eigenvalue weighted by Gasteiger charge is 2.48. The molecule has 0 N–H and O–H groups in total. The fourth-order valence-corrected chi connectivity index (χ4v) is 5.09. The van der Waals surface area contributed by atoms with E-state index in [2.05, 4.69) is 0 Å². The van der Waals surface area contributed by atoms with Gasteiger partial charge in [-0.05, 0) is 24.3 Å². The maximum atomic E-state index is 13.1. The zero-order chi connectivity index (χ0) is 16.3. The number of carbonyl (C=O) groups excluding carboxylic acids is 2. The van der Waals surface area contributed by atoms with E-state index in [-0.39, 0.29) is 23.4 Å². The molecule has 118 valence electrons. The zero-order valence-electron chi connectivity index (χ0n) is 13.0. The summed E-state index contributed by atoms with van der Waals surface area (Å²) in [5.41, 5.74) is 4.25. The Balaban J connectivity index is 1.78. The number of carbonyl (C=O) groups is 2. The van der Waals surface area contributed by atoms with Crippen LogP contribution in [0.2, 0.25) is 0 Å². The van der Waals surface area contributed by atoms with E-state index in [0.29, 0.717) is 6.42 Å². The van der Waals surface area contributed by atoms with Gasteiger partial charge in [0, 0.05) is 39.6 Å². The molecule has 1 aromatic carbocycles. The average Bonchev–Trinajstić information content (AvgIpc) is 3.22. The average molecular weight is 333 g/mol. The van der Waals surface area contributed by atoms with Gasteiger partial charge in [0.2, 0.25) is 0 Å². The topological polar surface area (TPSA) is 46.5 Å². The molecule has 0 saturated heterocycles. The van der Waals surface area contributed by atoms with Gasteiger partial charge >= 0.3 is 0 Å². The fraction of sp³-hybridized carbons (Fsp3) is 0.250. The van der Waals surface area contributed by atoms with Crippen LogP contribution in [0, 0.1) is 5.92 Å². The Morgan fingerprint density at radius 3 is 2.58 bits per heavy atom. The van der Waals surface area contributed by atoms with Gasteiger partial charge in [-0.3, -0.25) is 14.6 Å². The molecule has 0 amide bonds. The molecule has 2 atom stereocenters. The van der Waals surface area contributed by atoms with Crippen molar-refractivity contribution in [2.45, 2.75) is 25.2 Å². The number of ketones is 2. The second kappa shape index (κ2) is 5.08. The van der Waals surface area contributed by atoms with Gasteiger partial charge in [-0.15, -0.1) is 11.3 Å². The largest absolute Gasteiger partial charge is 0.294 e. The lowest BCUT2D eigenvalue weighted by Gasteiger charge is -2.32. The minimum atomic E-state index is -0.346. The number of benzene rings is 1. The summed E-state index contributed by atoms with van der Waals surface area (Å²) in [7, 11) is 0. The predicted molar refractivity (Wildman–Crippen MR) is 93.7 cm³/mol. The second-order valence-electron chi connectivity index (χ2n) is 6.51. The van der Waals surface area contributed by atoms with Crippen LogP contribution in [0.5, 0.6) is 0 Å². The fourth-order valence-electron chi connectivity index (χ4n) is 4.22. The van der Waals surface area contributed by atoms with E-state index in [1.54, 1.807) is 11.3 Å². The maximum absolute atomic E-state index is 13.1. The second-order valence-corrected chi connectivity index (χ2v) is 7.49. The minimum absolute atomic E-state index is 0.104. The highest BCUT2D eigenvalue weighted by atomic mass is 32.1. The Labute approximate surface area is 143 Å². The lowest BCUT2D eigenvalue weighted by atomic mass is 9.74. The van der Waals surface area contributed by atoms with E-state index in [1.807, 2.05) is 41.8 Å². The number of fused-ring (bicyclic) bond motifs is 3. The third-order valence-corrected chi connectivity index (χ3v) is 6.18. The monoisotopic (exact) mass is 333 g/mol. The van der Waals surface area contributed by atoms with E-state index >= 15 is 0 Å². The molecule has 24 heavy (non-hydrogen) atoms. The molecule has 1 aliphatic heterocycles. The van der Waals surface area contributed by atoms with Crippen LogP contribution in [-0.2, 0) is 4.79 Å². The number of hydrogen-bond acceptors (Lipinski definition) is 4. The van der Waals surface area contributed by atoms with Gasteiger partial charge < -0.3 is 0 Å². The van der Waals surface area contributed by atoms with E-state index in [0.717, 1.165) is 45.8 Å². The van der Waals surface area contributed by atoms with Crippen LogP contribution < -0.4 is 0 Å². The van der Waals surface area contributed by atoms with Crippen LogP contribution in [-0.4, -0.2) is 17.3 Å². The van der Waals surface area contributed by atoms with Crippen molar-refractivity contribution in [3.05, 3.63) is 69.1 Å². The number of Topliss-reactive ketones (excluding diaryl/α,β-unsaturated/α-hetero) is 2. The molecular formula is C20H15NO2S. The molecule has 0 spiro atoms. The molecule has 2 aromatic rings. The summed E-state index contributed by atoms with van der Waals surface area (Å²) in [5.74, 6) is -0.240. The normalized spacial score (nSPS) is 25.2. The molecule has 2 aliphatic carbocycles. The molecule has 3 aliphatic rings. The molecular weight excluding hydrogens is 318 g/mol. The van der Waals surface area contributed by atoms with Crippen molar-refractivity contribution in [1.82, 2.24) is 0 Å². The first-order chi connectivity index (χ1) is 11.8. The molecule has 0 bridgehead atoms. The van der Waals surface area contributed by atoms with Gasteiger partial charge in [-0.1, -0.05) is 30.3 Å². The van der Waals surface area contributed by atoms with E-state index in [9.17, 15) is 9.59 Å². The Morgan fingerprint density at radius 1 is 0.958 bits per heavy atom. The number of rotatable bonds is 1. The van der Waals surface area contributed by atoms with Crippen molar-refractivity contribution >= 4 is 28.6 Å². The first kappa shape index (κ1) is 14.1. The van der Waals surface area contributed by atoms with Gasteiger partial charge in [0.15, 0.2) is 11.6 Å². The van der Waals surface area contributed by atoms with Crippen LogP contribution in [0.3, 0.4) is 0 Å². The minimum Gasteiger partial charge on any atom is -0.294 e. The Bertz CT molecular complexity index is 936. The van der Waals surface area contributed by atoms with Crippen LogP contribution in [0.4, 0.5) is 0 Å². The summed E-state index contributed by atoms with van der Waals surface area (Å²) in [4.78, 5) is 31.7. The summed E-state index contributed by atoms with van der Waals surface area (Å²) in [6, 6.07) is 11.7. The van der Waals surface area contributed by atoms with Crippen LogP contribution in [0.25, 0.3) is 0 Å². The molecule has 5 rings (SSSR count).